The summed E-state index contributed by atoms with van der Waals surface area (Å²) < 4.78 is 0.951. The van der Waals surface area contributed by atoms with Crippen LogP contribution in [0, 0.1) is 17.2 Å². The maximum atomic E-state index is 8.99. The highest BCUT2D eigenvalue weighted by Crippen LogP contribution is 2.33. The van der Waals surface area contributed by atoms with E-state index in [0.29, 0.717) is 5.56 Å². The summed E-state index contributed by atoms with van der Waals surface area (Å²) >= 11 is 3.37. The summed E-state index contributed by atoms with van der Waals surface area (Å²) in [7, 11) is 0. The lowest BCUT2D eigenvalue weighted by molar-refractivity contribution is 0.687. The van der Waals surface area contributed by atoms with Crippen LogP contribution in [0.1, 0.15) is 31.2 Å². The Morgan fingerprint density at radius 3 is 2.94 bits per heavy atom. The van der Waals surface area contributed by atoms with E-state index < -0.39 is 0 Å². The summed E-state index contributed by atoms with van der Waals surface area (Å²) in [4.78, 5) is 0. The second-order valence-corrected chi connectivity index (χ2v) is 5.23. The summed E-state index contributed by atoms with van der Waals surface area (Å²) in [6.07, 6.45) is 5.36. The quantitative estimate of drug-likeness (QED) is 0.829. The normalized spacial score (nSPS) is 14.5. The molecule has 0 amide bonds. The fraction of sp³-hybridized carbons (Fsp3) is 0.462. The summed E-state index contributed by atoms with van der Waals surface area (Å²) in [6, 6.07) is 7.98. The SMILES string of the molecule is N#Cc1cc(Br)ccc1NCCCC1CC1. The number of rotatable bonds is 5. The molecule has 1 aromatic carbocycles. The zero-order chi connectivity index (χ0) is 11.4. The van der Waals surface area contributed by atoms with Crippen molar-refractivity contribution in [3.63, 3.8) is 0 Å². The van der Waals surface area contributed by atoms with Crippen LogP contribution in [-0.4, -0.2) is 6.54 Å². The third kappa shape index (κ3) is 3.24. The molecule has 0 heterocycles. The zero-order valence-electron chi connectivity index (χ0n) is 9.17. The molecule has 0 unspecified atom stereocenters. The molecule has 0 aliphatic heterocycles. The van der Waals surface area contributed by atoms with Crippen LogP contribution >= 0.6 is 15.9 Å². The van der Waals surface area contributed by atoms with Crippen LogP contribution in [0.15, 0.2) is 22.7 Å². The Hall–Kier alpha value is -1.01. The number of nitrogens with one attached hydrogen (secondary N) is 1. The smallest absolute Gasteiger partial charge is 0.101 e. The van der Waals surface area contributed by atoms with Gasteiger partial charge in [-0.25, -0.2) is 0 Å². The molecular weight excluding hydrogens is 264 g/mol. The average Bonchev–Trinajstić information content (AvgIpc) is 3.09. The van der Waals surface area contributed by atoms with E-state index in [-0.39, 0.29) is 0 Å². The fourth-order valence-corrected chi connectivity index (χ4v) is 2.14. The van der Waals surface area contributed by atoms with Crippen LogP contribution in [0.2, 0.25) is 0 Å². The van der Waals surface area contributed by atoms with Crippen molar-refractivity contribution < 1.29 is 0 Å². The highest BCUT2D eigenvalue weighted by atomic mass is 79.9. The van der Waals surface area contributed by atoms with Crippen LogP contribution in [0.25, 0.3) is 0 Å². The third-order valence-corrected chi connectivity index (χ3v) is 3.40. The summed E-state index contributed by atoms with van der Waals surface area (Å²) in [5, 5.41) is 12.3. The molecule has 0 radical (unpaired) electrons. The zero-order valence-corrected chi connectivity index (χ0v) is 10.8. The minimum absolute atomic E-state index is 0.709. The number of benzene rings is 1. The van der Waals surface area contributed by atoms with Gasteiger partial charge in [0, 0.05) is 11.0 Å². The fourth-order valence-electron chi connectivity index (χ4n) is 1.78. The van der Waals surface area contributed by atoms with Gasteiger partial charge in [-0.2, -0.15) is 5.26 Å². The van der Waals surface area contributed by atoms with Crippen LogP contribution in [0.3, 0.4) is 0 Å². The molecule has 3 heteroatoms. The molecule has 84 valence electrons. The molecule has 1 aliphatic carbocycles. The van der Waals surface area contributed by atoms with Gasteiger partial charge >= 0.3 is 0 Å². The van der Waals surface area contributed by atoms with Gasteiger partial charge in [0.2, 0.25) is 0 Å². The van der Waals surface area contributed by atoms with E-state index in [1.807, 2.05) is 18.2 Å². The van der Waals surface area contributed by atoms with E-state index in [4.69, 9.17) is 5.26 Å². The first-order valence-electron chi connectivity index (χ1n) is 5.73. The molecule has 1 aromatic rings. The molecule has 2 rings (SSSR count). The summed E-state index contributed by atoms with van der Waals surface area (Å²) in [5.74, 6) is 0.988. The number of hydrogen-bond acceptors (Lipinski definition) is 2. The molecule has 1 N–H and O–H groups in total. The molecule has 0 atom stereocenters. The maximum Gasteiger partial charge on any atom is 0.101 e. The van der Waals surface area contributed by atoms with Gasteiger partial charge in [-0.3, -0.25) is 0 Å². The van der Waals surface area contributed by atoms with Crippen LogP contribution in [0.5, 0.6) is 0 Å². The number of nitrogens with zero attached hydrogens (tertiary/aromatic N) is 1. The van der Waals surface area contributed by atoms with Crippen molar-refractivity contribution in [3.05, 3.63) is 28.2 Å². The minimum atomic E-state index is 0.709. The van der Waals surface area contributed by atoms with Gasteiger partial charge in [0.05, 0.1) is 11.3 Å². The van der Waals surface area contributed by atoms with E-state index in [1.165, 1.54) is 25.7 Å². The van der Waals surface area contributed by atoms with Gasteiger partial charge in [-0.05, 0) is 37.0 Å². The standard InChI is InChI=1S/C13H15BrN2/c14-12-5-6-13(11(8-12)9-15)16-7-1-2-10-3-4-10/h5-6,8,10,16H,1-4,7H2. The molecule has 0 bridgehead atoms. The van der Waals surface area contributed by atoms with Gasteiger partial charge < -0.3 is 5.32 Å². The van der Waals surface area contributed by atoms with Gasteiger partial charge in [-0.15, -0.1) is 0 Å². The Kier molecular flexibility index (Phi) is 3.84. The Balaban J connectivity index is 1.85. The van der Waals surface area contributed by atoms with E-state index in [0.717, 1.165) is 22.6 Å². The van der Waals surface area contributed by atoms with Crippen LogP contribution in [0.4, 0.5) is 5.69 Å². The van der Waals surface area contributed by atoms with Crippen molar-refractivity contribution in [1.29, 1.82) is 5.26 Å². The Morgan fingerprint density at radius 1 is 1.44 bits per heavy atom. The second kappa shape index (κ2) is 5.36. The van der Waals surface area contributed by atoms with Crippen LogP contribution in [-0.2, 0) is 0 Å². The third-order valence-electron chi connectivity index (χ3n) is 2.90. The van der Waals surface area contributed by atoms with Crippen LogP contribution < -0.4 is 5.32 Å². The van der Waals surface area contributed by atoms with Gasteiger partial charge in [0.25, 0.3) is 0 Å². The number of halogens is 1. The topological polar surface area (TPSA) is 35.8 Å². The molecule has 2 nitrogen and oxygen atoms in total. The molecule has 0 aromatic heterocycles. The molecular formula is C13H15BrN2. The van der Waals surface area contributed by atoms with Crippen molar-refractivity contribution in [2.24, 2.45) is 5.92 Å². The van der Waals surface area contributed by atoms with E-state index in [1.54, 1.807) is 0 Å². The summed E-state index contributed by atoms with van der Waals surface area (Å²) in [6.45, 7) is 0.965. The average molecular weight is 279 g/mol. The van der Waals surface area contributed by atoms with Crippen molar-refractivity contribution >= 4 is 21.6 Å². The molecule has 0 spiro atoms. The van der Waals surface area contributed by atoms with Gasteiger partial charge in [-0.1, -0.05) is 28.8 Å². The van der Waals surface area contributed by atoms with Crippen molar-refractivity contribution in [3.8, 4) is 6.07 Å². The predicted molar refractivity (Wildman–Crippen MR) is 69.3 cm³/mol. The lowest BCUT2D eigenvalue weighted by Crippen LogP contribution is -2.03. The number of anilines is 1. The first kappa shape index (κ1) is 11.5. The lowest BCUT2D eigenvalue weighted by Gasteiger charge is -2.08. The predicted octanol–water partition coefficient (Wildman–Crippen LogP) is 3.92. The van der Waals surface area contributed by atoms with Crippen molar-refractivity contribution in [2.75, 3.05) is 11.9 Å². The van der Waals surface area contributed by atoms with Gasteiger partial charge in [0.1, 0.15) is 6.07 Å². The van der Waals surface area contributed by atoms with Gasteiger partial charge in [0.15, 0.2) is 0 Å². The summed E-state index contributed by atoms with van der Waals surface area (Å²) in [5.41, 5.74) is 1.65. The Morgan fingerprint density at radius 2 is 2.25 bits per heavy atom. The molecule has 0 saturated heterocycles. The molecule has 16 heavy (non-hydrogen) atoms. The second-order valence-electron chi connectivity index (χ2n) is 4.31. The number of hydrogen-bond donors (Lipinski definition) is 1. The maximum absolute atomic E-state index is 8.99. The largest absolute Gasteiger partial charge is 0.384 e. The highest BCUT2D eigenvalue weighted by molar-refractivity contribution is 9.10. The van der Waals surface area contributed by atoms with E-state index in [9.17, 15) is 0 Å². The van der Waals surface area contributed by atoms with E-state index >= 15 is 0 Å². The molecule has 1 fully saturated rings. The number of nitriles is 1. The Labute approximate surface area is 105 Å². The Bertz CT molecular complexity index is 405. The van der Waals surface area contributed by atoms with Crippen molar-refractivity contribution in [2.45, 2.75) is 25.7 Å². The molecule has 1 saturated carbocycles. The monoisotopic (exact) mass is 278 g/mol. The lowest BCUT2D eigenvalue weighted by atomic mass is 10.2. The highest BCUT2D eigenvalue weighted by Gasteiger charge is 2.19. The first-order valence-corrected chi connectivity index (χ1v) is 6.52. The molecule has 1 aliphatic rings. The minimum Gasteiger partial charge on any atom is -0.384 e. The first-order chi connectivity index (χ1) is 7.79. The van der Waals surface area contributed by atoms with Crippen molar-refractivity contribution in [1.82, 2.24) is 0 Å². The van der Waals surface area contributed by atoms with E-state index in [2.05, 4.69) is 27.3 Å².